The van der Waals surface area contributed by atoms with Crippen molar-refractivity contribution in [2.24, 2.45) is 5.41 Å². The van der Waals surface area contributed by atoms with E-state index in [1.165, 1.54) is 0 Å². The number of piperidine rings is 1. The number of aliphatic hydroxyl groups excluding tert-OH is 1. The molecule has 0 radical (unpaired) electrons. The van der Waals surface area contributed by atoms with Gasteiger partial charge in [0.2, 0.25) is 11.9 Å². The number of aromatic nitrogens is 3. The van der Waals surface area contributed by atoms with Crippen LogP contribution in [0.5, 0.6) is 0 Å². The first-order valence-corrected chi connectivity index (χ1v) is 14.9. The van der Waals surface area contributed by atoms with Crippen molar-refractivity contribution in [1.29, 1.82) is 0 Å². The van der Waals surface area contributed by atoms with Crippen LogP contribution >= 0.6 is 0 Å². The van der Waals surface area contributed by atoms with Crippen LogP contribution in [0.1, 0.15) is 56.8 Å². The van der Waals surface area contributed by atoms with Crippen LogP contribution in [-0.4, -0.2) is 75.4 Å². The molecule has 3 aliphatic heterocycles. The summed E-state index contributed by atoms with van der Waals surface area (Å²) in [5, 5.41) is 17.0. The number of ether oxygens (including phenoxy) is 1. The largest absolute Gasteiger partial charge is 0.389 e. The second-order valence-electron chi connectivity index (χ2n) is 12.3. The van der Waals surface area contributed by atoms with E-state index in [0.717, 1.165) is 37.7 Å². The molecule has 3 saturated heterocycles. The lowest BCUT2D eigenvalue weighted by Crippen LogP contribution is -2.47. The number of rotatable bonds is 6. The highest BCUT2D eigenvalue weighted by atomic mass is 19.1. The Bertz CT molecular complexity index is 1580. The van der Waals surface area contributed by atoms with Gasteiger partial charge in [-0.15, -0.1) is 0 Å². The van der Waals surface area contributed by atoms with E-state index in [4.69, 9.17) is 4.74 Å². The van der Waals surface area contributed by atoms with Gasteiger partial charge in [-0.1, -0.05) is 6.07 Å². The highest BCUT2D eigenvalue weighted by Crippen LogP contribution is 2.37. The minimum absolute atomic E-state index is 0.0214. The summed E-state index contributed by atoms with van der Waals surface area (Å²) in [4.78, 5) is 37.2. The van der Waals surface area contributed by atoms with Crippen molar-refractivity contribution < 1.29 is 19.0 Å². The Morgan fingerprint density at radius 2 is 2.12 bits per heavy atom. The van der Waals surface area contributed by atoms with E-state index in [-0.39, 0.29) is 47.1 Å². The molecule has 5 heterocycles. The van der Waals surface area contributed by atoms with Crippen LogP contribution < -0.4 is 16.1 Å². The first-order chi connectivity index (χ1) is 20.2. The average Bonchev–Trinajstić information content (AvgIpc) is 3.31. The van der Waals surface area contributed by atoms with E-state index in [9.17, 15) is 14.7 Å². The van der Waals surface area contributed by atoms with Gasteiger partial charge in [0.25, 0.3) is 0 Å². The lowest BCUT2D eigenvalue weighted by Gasteiger charge is -2.39. The fourth-order valence-electron chi connectivity index (χ4n) is 6.89. The number of hydrogen-bond acceptors (Lipinski definition) is 8. The van der Waals surface area contributed by atoms with Crippen LogP contribution in [0.25, 0.3) is 22.2 Å². The molecule has 1 spiro atoms. The maximum Gasteiger partial charge on any atom is 0.227 e. The van der Waals surface area contributed by atoms with Gasteiger partial charge in [-0.3, -0.25) is 14.5 Å². The number of amides is 1. The van der Waals surface area contributed by atoms with Gasteiger partial charge in [0.1, 0.15) is 5.69 Å². The topological polar surface area (TPSA) is 122 Å². The summed E-state index contributed by atoms with van der Waals surface area (Å²) in [6, 6.07) is 5.03. The number of anilines is 1. The van der Waals surface area contributed by atoms with Gasteiger partial charge in [-0.05, 0) is 65.1 Å². The van der Waals surface area contributed by atoms with Gasteiger partial charge in [0.15, 0.2) is 11.2 Å². The summed E-state index contributed by atoms with van der Waals surface area (Å²) in [7, 11) is 0. The second kappa shape index (κ2) is 11.3. The van der Waals surface area contributed by atoms with Crippen molar-refractivity contribution >= 4 is 22.8 Å². The van der Waals surface area contributed by atoms with Crippen LogP contribution in [0.4, 0.5) is 10.3 Å². The molecule has 1 amide bonds. The van der Waals surface area contributed by atoms with Crippen molar-refractivity contribution in [3.63, 3.8) is 0 Å². The third-order valence-corrected chi connectivity index (χ3v) is 9.14. The molecular formula is C31H39FN6O4. The first kappa shape index (κ1) is 28.7. The molecular weight excluding hydrogens is 539 g/mol. The summed E-state index contributed by atoms with van der Waals surface area (Å²) in [5.74, 6) is -0.217. The van der Waals surface area contributed by atoms with Crippen LogP contribution in [-0.2, 0) is 16.1 Å². The lowest BCUT2D eigenvalue weighted by atomic mass is 9.78. The average molecular weight is 579 g/mol. The van der Waals surface area contributed by atoms with Gasteiger partial charge in [0, 0.05) is 54.5 Å². The summed E-state index contributed by atoms with van der Waals surface area (Å²) >= 11 is 0. The quantitative estimate of drug-likeness (QED) is 0.408. The molecule has 0 bridgehead atoms. The first-order valence-electron chi connectivity index (χ1n) is 14.9. The summed E-state index contributed by atoms with van der Waals surface area (Å²) in [5.41, 5.74) is 2.56. The van der Waals surface area contributed by atoms with E-state index in [2.05, 4.69) is 43.9 Å². The van der Waals surface area contributed by atoms with Gasteiger partial charge in [-0.25, -0.2) is 14.4 Å². The number of carbonyl (C=O) groups excluding carboxylic acids is 1. The van der Waals surface area contributed by atoms with Gasteiger partial charge < -0.3 is 25.0 Å². The molecule has 1 aromatic carbocycles. The number of carbonyl (C=O) groups is 1. The molecule has 6 rings (SSSR count). The zero-order valence-corrected chi connectivity index (χ0v) is 24.5. The van der Waals surface area contributed by atoms with Crippen LogP contribution in [0.2, 0.25) is 0 Å². The molecule has 3 N–H and O–H groups in total. The van der Waals surface area contributed by atoms with E-state index in [1.54, 1.807) is 12.1 Å². The summed E-state index contributed by atoms with van der Waals surface area (Å²) in [6.45, 7) is 9.56. The van der Waals surface area contributed by atoms with Crippen LogP contribution in [0.15, 0.2) is 29.2 Å². The van der Waals surface area contributed by atoms with Crippen LogP contribution in [0.3, 0.4) is 0 Å². The number of nitrogens with one attached hydrogen (secondary N) is 2. The number of halogens is 1. The molecule has 3 aromatic rings. The van der Waals surface area contributed by atoms with E-state index in [0.29, 0.717) is 54.7 Å². The highest BCUT2D eigenvalue weighted by Gasteiger charge is 2.45. The molecule has 3 atom stereocenters. The molecule has 3 aliphatic rings. The fraction of sp³-hybridized carbons (Fsp3) is 0.548. The normalized spacial score (nSPS) is 25.0. The predicted molar refractivity (Wildman–Crippen MR) is 158 cm³/mol. The zero-order chi connectivity index (χ0) is 29.6. The van der Waals surface area contributed by atoms with Crippen molar-refractivity contribution in [1.82, 2.24) is 24.8 Å². The zero-order valence-electron chi connectivity index (χ0n) is 24.5. The summed E-state index contributed by atoms with van der Waals surface area (Å²) < 4.78 is 22.6. The number of aliphatic hydroxyl groups is 1. The Balaban J connectivity index is 1.39. The Kier molecular flexibility index (Phi) is 7.75. The SMILES string of the molecule is Cc1c(CN2CCC[C@@]3(CCNC3=O)C2)n(C(C)C)c2cc(-c3nc(N[C@@H]4CCOC[C@H]4O)ncc3F)ccc2c1=O. The van der Waals surface area contributed by atoms with E-state index >= 15 is 4.39 Å². The molecule has 224 valence electrons. The van der Waals surface area contributed by atoms with Gasteiger partial charge in [0.05, 0.1) is 35.9 Å². The standard InChI is InChI=1S/C31H39FN6O4/c1-18(2)38-24-13-20(27-22(32)14-34-30(36-27)35-23-7-12-42-16-26(23)39)5-6-21(24)28(40)19(3)25(38)15-37-11-4-8-31(17-37)9-10-33-29(31)41/h5-6,13-14,18,23,26,39H,4,7-12,15-17H2,1-3H3,(H,33,41)(H,34,35,36)/t23-,26-,31-/m1/s1. The molecule has 0 unspecified atom stereocenters. The van der Waals surface area contributed by atoms with Crippen molar-refractivity contribution in [3.8, 4) is 11.3 Å². The van der Waals surface area contributed by atoms with E-state index < -0.39 is 11.9 Å². The number of fused-ring (bicyclic) bond motifs is 1. The Morgan fingerprint density at radius 3 is 2.86 bits per heavy atom. The maximum atomic E-state index is 15.1. The summed E-state index contributed by atoms with van der Waals surface area (Å²) in [6.07, 6.45) is 3.66. The monoisotopic (exact) mass is 578 g/mol. The van der Waals surface area contributed by atoms with Crippen molar-refractivity contribution in [2.75, 3.05) is 38.2 Å². The number of likely N-dealkylation sites (tertiary alicyclic amines) is 1. The third-order valence-electron chi connectivity index (χ3n) is 9.14. The Labute approximate surface area is 244 Å². The number of nitrogens with zero attached hydrogens (tertiary/aromatic N) is 4. The number of pyridine rings is 1. The van der Waals surface area contributed by atoms with Gasteiger partial charge >= 0.3 is 0 Å². The fourth-order valence-corrected chi connectivity index (χ4v) is 6.89. The maximum absolute atomic E-state index is 15.1. The van der Waals surface area contributed by atoms with Gasteiger partial charge in [-0.2, -0.15) is 0 Å². The van der Waals surface area contributed by atoms with Crippen LogP contribution in [0, 0.1) is 18.2 Å². The van der Waals surface area contributed by atoms with E-state index in [1.807, 2.05) is 13.0 Å². The highest BCUT2D eigenvalue weighted by molar-refractivity contribution is 5.86. The minimum Gasteiger partial charge on any atom is -0.389 e. The number of hydrogen-bond donors (Lipinski definition) is 3. The molecule has 42 heavy (non-hydrogen) atoms. The molecule has 0 saturated carbocycles. The predicted octanol–water partition coefficient (Wildman–Crippen LogP) is 3.15. The molecule has 11 heteroatoms. The van der Waals surface area contributed by atoms with Crippen molar-refractivity contribution in [2.45, 2.75) is 71.2 Å². The molecule has 2 aromatic heterocycles. The van der Waals surface area contributed by atoms with Crippen molar-refractivity contribution in [3.05, 3.63) is 51.7 Å². The Morgan fingerprint density at radius 1 is 1.29 bits per heavy atom. The molecule has 10 nitrogen and oxygen atoms in total. The second-order valence-corrected chi connectivity index (χ2v) is 12.3. The molecule has 0 aliphatic carbocycles. The lowest BCUT2D eigenvalue weighted by molar-refractivity contribution is -0.130. The minimum atomic E-state index is -0.712. The third kappa shape index (κ3) is 5.18. The Hall–Kier alpha value is -3.41. The smallest absolute Gasteiger partial charge is 0.227 e. The number of benzene rings is 1. The molecule has 3 fully saturated rings.